The number of unbranched alkanes of at least 4 members (excludes halogenated alkanes) is 2. The van der Waals surface area contributed by atoms with E-state index in [9.17, 15) is 4.79 Å². The maximum Gasteiger partial charge on any atom is 0.236 e. The SMILES string of the molecule is C/C=C\N=C(C)CC[C@H]1CC(c2ccc3c(c2)CCO3)CN1CC(=O)N(CCCC)CCCCN. The number of hydrogen-bond acceptors (Lipinski definition) is 5. The fraction of sp³-hybridized carbons (Fsp3) is 0.655. The van der Waals surface area contributed by atoms with Gasteiger partial charge in [-0.15, -0.1) is 0 Å². The number of fused-ring (bicyclic) bond motifs is 1. The van der Waals surface area contributed by atoms with E-state index in [1.165, 1.54) is 11.1 Å². The number of amides is 1. The van der Waals surface area contributed by atoms with Gasteiger partial charge in [0.2, 0.25) is 5.91 Å². The molecule has 2 N–H and O–H groups in total. The normalized spacial score (nSPS) is 20.4. The number of allylic oxidation sites excluding steroid dienone is 1. The van der Waals surface area contributed by atoms with Crippen molar-refractivity contribution in [2.45, 2.75) is 84.1 Å². The highest BCUT2D eigenvalue weighted by atomic mass is 16.5. The topological polar surface area (TPSA) is 71.2 Å². The van der Waals surface area contributed by atoms with Gasteiger partial charge in [-0.25, -0.2) is 0 Å². The second-order valence-electron chi connectivity index (χ2n) is 10.1. The van der Waals surface area contributed by atoms with Crippen LogP contribution in [0.15, 0.2) is 35.5 Å². The highest BCUT2D eigenvalue weighted by molar-refractivity contribution is 5.82. The van der Waals surface area contributed by atoms with Crippen molar-refractivity contribution in [3.63, 3.8) is 0 Å². The number of likely N-dealkylation sites (tertiary alicyclic amines) is 1. The molecular formula is C29H46N4O2. The summed E-state index contributed by atoms with van der Waals surface area (Å²) in [5.74, 6) is 1.76. The quantitative estimate of drug-likeness (QED) is 0.302. The Balaban J connectivity index is 1.70. The molecule has 35 heavy (non-hydrogen) atoms. The number of nitrogens with zero attached hydrogens (tertiary/aromatic N) is 3. The summed E-state index contributed by atoms with van der Waals surface area (Å²) in [6.45, 7) is 10.9. The number of carbonyl (C=O) groups is 1. The number of hydrogen-bond donors (Lipinski definition) is 1. The molecule has 0 bridgehead atoms. The van der Waals surface area contributed by atoms with Gasteiger partial charge in [0.1, 0.15) is 5.75 Å². The molecule has 1 saturated heterocycles. The second-order valence-corrected chi connectivity index (χ2v) is 10.1. The van der Waals surface area contributed by atoms with Crippen LogP contribution < -0.4 is 10.5 Å². The molecule has 2 aliphatic rings. The molecule has 6 heteroatoms. The van der Waals surface area contributed by atoms with Crippen LogP contribution in [0.5, 0.6) is 5.75 Å². The Bertz CT molecular complexity index is 866. The Morgan fingerprint density at radius 3 is 2.89 bits per heavy atom. The maximum absolute atomic E-state index is 13.4. The average Bonchev–Trinajstić information content (AvgIpc) is 3.49. The lowest BCUT2D eigenvalue weighted by Crippen LogP contribution is -2.43. The molecule has 1 aromatic rings. The van der Waals surface area contributed by atoms with Gasteiger partial charge in [0.15, 0.2) is 0 Å². The monoisotopic (exact) mass is 482 g/mol. The van der Waals surface area contributed by atoms with E-state index in [0.29, 0.717) is 25.0 Å². The highest BCUT2D eigenvalue weighted by Gasteiger charge is 2.35. The summed E-state index contributed by atoms with van der Waals surface area (Å²) < 4.78 is 5.72. The van der Waals surface area contributed by atoms with Gasteiger partial charge >= 0.3 is 0 Å². The van der Waals surface area contributed by atoms with Crippen LogP contribution in [0.3, 0.4) is 0 Å². The van der Waals surface area contributed by atoms with Crippen LogP contribution in [0, 0.1) is 0 Å². The van der Waals surface area contributed by atoms with Crippen LogP contribution in [-0.4, -0.2) is 66.8 Å². The molecule has 2 aliphatic heterocycles. The predicted molar refractivity (Wildman–Crippen MR) is 145 cm³/mol. The molecule has 0 saturated carbocycles. The van der Waals surface area contributed by atoms with E-state index in [1.54, 1.807) is 0 Å². The van der Waals surface area contributed by atoms with Crippen LogP contribution >= 0.6 is 0 Å². The lowest BCUT2D eigenvalue weighted by atomic mass is 9.93. The van der Waals surface area contributed by atoms with Crippen LogP contribution in [0.2, 0.25) is 0 Å². The number of aliphatic imine (C=N–C) groups is 1. The fourth-order valence-electron chi connectivity index (χ4n) is 5.25. The van der Waals surface area contributed by atoms with Gasteiger partial charge in [-0.05, 0) is 82.0 Å². The van der Waals surface area contributed by atoms with Gasteiger partial charge in [0, 0.05) is 44.0 Å². The van der Waals surface area contributed by atoms with Crippen LogP contribution in [0.1, 0.15) is 82.8 Å². The number of benzene rings is 1. The van der Waals surface area contributed by atoms with E-state index in [4.69, 9.17) is 10.5 Å². The van der Waals surface area contributed by atoms with E-state index in [2.05, 4.69) is 46.8 Å². The second kappa shape index (κ2) is 14.4. The molecule has 6 nitrogen and oxygen atoms in total. The molecule has 1 aromatic carbocycles. The predicted octanol–water partition coefficient (Wildman–Crippen LogP) is 4.92. The largest absolute Gasteiger partial charge is 0.493 e. The van der Waals surface area contributed by atoms with Crippen molar-refractivity contribution in [2.24, 2.45) is 10.7 Å². The molecule has 194 valence electrons. The van der Waals surface area contributed by atoms with E-state index >= 15 is 0 Å². The van der Waals surface area contributed by atoms with Crippen LogP contribution in [-0.2, 0) is 11.2 Å². The lowest BCUT2D eigenvalue weighted by molar-refractivity contribution is -0.132. The number of nitrogens with two attached hydrogens (primary N) is 1. The summed E-state index contributed by atoms with van der Waals surface area (Å²) in [5, 5.41) is 0. The molecule has 0 aromatic heterocycles. The zero-order valence-corrected chi connectivity index (χ0v) is 22.2. The first-order chi connectivity index (χ1) is 17.0. The molecule has 2 atom stereocenters. The zero-order chi connectivity index (χ0) is 25.0. The van der Waals surface area contributed by atoms with Gasteiger partial charge in [0.25, 0.3) is 0 Å². The maximum atomic E-state index is 13.4. The Morgan fingerprint density at radius 2 is 2.11 bits per heavy atom. The minimum atomic E-state index is 0.266. The van der Waals surface area contributed by atoms with Gasteiger partial charge in [-0.3, -0.25) is 14.7 Å². The Hall–Kier alpha value is -2.18. The van der Waals surface area contributed by atoms with Crippen molar-refractivity contribution >= 4 is 11.6 Å². The molecule has 0 spiro atoms. The molecular weight excluding hydrogens is 436 g/mol. The molecule has 0 radical (unpaired) electrons. The van der Waals surface area contributed by atoms with Crippen LogP contribution in [0.4, 0.5) is 0 Å². The van der Waals surface area contributed by atoms with Crippen molar-refractivity contribution < 1.29 is 9.53 Å². The zero-order valence-electron chi connectivity index (χ0n) is 22.2. The third-order valence-corrected chi connectivity index (χ3v) is 7.35. The van der Waals surface area contributed by atoms with Gasteiger partial charge in [0.05, 0.1) is 13.2 Å². The first-order valence-corrected chi connectivity index (χ1v) is 13.7. The van der Waals surface area contributed by atoms with E-state index in [0.717, 1.165) is 89.1 Å². The standard InChI is InChI=1S/C29H46N4O2/c1-4-6-16-32(17-8-7-14-30)29(34)22-33-21-26(20-27(33)11-9-23(3)31-15-5-2)24-10-12-28-25(19-24)13-18-35-28/h5,10,12,15,19,26-27H,4,6-9,11,13-14,16-18,20-22,30H2,1-3H3/b15-5-,31-23?/t26?,27-/m0/s1. The Morgan fingerprint density at radius 1 is 1.29 bits per heavy atom. The van der Waals surface area contributed by atoms with E-state index in [1.807, 2.05) is 19.2 Å². The summed E-state index contributed by atoms with van der Waals surface area (Å²) in [6, 6.07) is 7.10. The molecule has 2 heterocycles. The van der Waals surface area contributed by atoms with Crippen molar-refractivity contribution in [3.8, 4) is 5.75 Å². The number of carbonyl (C=O) groups excluding carboxylic acids is 1. The number of ether oxygens (including phenoxy) is 1. The van der Waals surface area contributed by atoms with Crippen molar-refractivity contribution in [2.75, 3.05) is 39.3 Å². The minimum absolute atomic E-state index is 0.266. The van der Waals surface area contributed by atoms with Crippen molar-refractivity contribution in [1.82, 2.24) is 9.80 Å². The Kier molecular flexibility index (Phi) is 11.3. The smallest absolute Gasteiger partial charge is 0.236 e. The van der Waals surface area contributed by atoms with E-state index < -0.39 is 0 Å². The minimum Gasteiger partial charge on any atom is -0.493 e. The molecule has 3 rings (SSSR count). The lowest BCUT2D eigenvalue weighted by Gasteiger charge is -2.28. The first-order valence-electron chi connectivity index (χ1n) is 13.7. The summed E-state index contributed by atoms with van der Waals surface area (Å²) in [7, 11) is 0. The third kappa shape index (κ3) is 8.18. The molecule has 0 aliphatic carbocycles. The van der Waals surface area contributed by atoms with E-state index in [-0.39, 0.29) is 5.91 Å². The molecule has 1 fully saturated rings. The van der Waals surface area contributed by atoms with Gasteiger partial charge < -0.3 is 15.4 Å². The third-order valence-electron chi connectivity index (χ3n) is 7.35. The van der Waals surface area contributed by atoms with Crippen molar-refractivity contribution in [1.29, 1.82) is 0 Å². The number of rotatable bonds is 14. The van der Waals surface area contributed by atoms with Crippen LogP contribution in [0.25, 0.3) is 0 Å². The van der Waals surface area contributed by atoms with Gasteiger partial charge in [-0.1, -0.05) is 31.6 Å². The first kappa shape index (κ1) is 27.4. The summed E-state index contributed by atoms with van der Waals surface area (Å²) in [6.07, 6.45) is 12.0. The van der Waals surface area contributed by atoms with Gasteiger partial charge in [-0.2, -0.15) is 0 Å². The summed E-state index contributed by atoms with van der Waals surface area (Å²) in [4.78, 5) is 22.5. The Labute approximate surface area is 212 Å². The molecule has 1 amide bonds. The molecule has 1 unspecified atom stereocenters. The fourth-order valence-corrected chi connectivity index (χ4v) is 5.25. The summed E-state index contributed by atoms with van der Waals surface area (Å²) >= 11 is 0. The summed E-state index contributed by atoms with van der Waals surface area (Å²) in [5.41, 5.74) is 9.57. The van der Waals surface area contributed by atoms with Crippen molar-refractivity contribution in [3.05, 3.63) is 41.6 Å². The average molecular weight is 483 g/mol. The highest BCUT2D eigenvalue weighted by Crippen LogP contribution is 2.36.